The van der Waals surface area contributed by atoms with E-state index in [2.05, 4.69) is 32.4 Å². The molecule has 6 nitrogen and oxygen atoms in total. The Hall–Kier alpha value is -2.51. The highest BCUT2D eigenvalue weighted by molar-refractivity contribution is 7.17. The highest BCUT2D eigenvalue weighted by Crippen LogP contribution is 2.32. The molecule has 0 atom stereocenters. The van der Waals surface area contributed by atoms with Gasteiger partial charge in [0.05, 0.1) is 23.4 Å². The fraction of sp³-hybridized carbons (Fsp3) is 0.235. The zero-order chi connectivity index (χ0) is 15.9. The van der Waals surface area contributed by atoms with E-state index in [1.807, 2.05) is 18.5 Å². The van der Waals surface area contributed by atoms with Gasteiger partial charge in [0.1, 0.15) is 5.65 Å². The molecule has 0 unspecified atom stereocenters. The van der Waals surface area contributed by atoms with Gasteiger partial charge in [0.15, 0.2) is 11.6 Å². The van der Waals surface area contributed by atoms with Crippen LogP contribution in [0.15, 0.2) is 36.0 Å². The van der Waals surface area contributed by atoms with Gasteiger partial charge in [-0.1, -0.05) is 0 Å². The molecule has 24 heavy (non-hydrogen) atoms. The zero-order valence-electron chi connectivity index (χ0n) is 12.9. The average molecular weight is 337 g/mol. The predicted molar refractivity (Wildman–Crippen MR) is 95.5 cm³/mol. The molecule has 5 rings (SSSR count). The molecule has 0 spiro atoms. The summed E-state index contributed by atoms with van der Waals surface area (Å²) in [5.74, 6) is 1.72. The molecule has 0 aromatic carbocycles. The number of anilines is 1. The number of hydrogen-bond acceptors (Lipinski definition) is 6. The van der Waals surface area contributed by atoms with Gasteiger partial charge in [-0.05, 0) is 23.6 Å². The van der Waals surface area contributed by atoms with Gasteiger partial charge in [-0.2, -0.15) is 0 Å². The maximum Gasteiger partial charge on any atom is 0.163 e. The minimum atomic E-state index is 0.720. The normalized spacial score (nSPS) is 15.4. The number of morpholine rings is 1. The molecule has 1 fully saturated rings. The number of rotatable bonds is 2. The number of H-pyrrole nitrogens is 1. The first-order chi connectivity index (χ1) is 11.9. The van der Waals surface area contributed by atoms with Gasteiger partial charge in [0, 0.05) is 36.4 Å². The Labute approximate surface area is 142 Å². The summed E-state index contributed by atoms with van der Waals surface area (Å²) in [7, 11) is 0. The number of hydrogen-bond donors (Lipinski definition) is 1. The van der Waals surface area contributed by atoms with Crippen molar-refractivity contribution in [1.82, 2.24) is 19.9 Å². The quantitative estimate of drug-likeness (QED) is 0.609. The van der Waals surface area contributed by atoms with Crippen LogP contribution in [0.4, 0.5) is 5.82 Å². The largest absolute Gasteiger partial charge is 0.378 e. The van der Waals surface area contributed by atoms with Crippen molar-refractivity contribution in [3.05, 3.63) is 36.0 Å². The lowest BCUT2D eigenvalue weighted by Gasteiger charge is -2.28. The number of fused-ring (bicyclic) bond motifs is 2. The predicted octanol–water partition coefficient (Wildman–Crippen LogP) is 3.07. The van der Waals surface area contributed by atoms with Crippen molar-refractivity contribution in [2.75, 3.05) is 31.2 Å². The maximum absolute atomic E-state index is 5.47. The minimum Gasteiger partial charge on any atom is -0.378 e. The molecule has 1 aliphatic rings. The number of nitrogens with zero attached hydrogens (tertiary/aromatic N) is 4. The molecule has 0 radical (unpaired) electrons. The van der Waals surface area contributed by atoms with Crippen LogP contribution in [0.1, 0.15) is 0 Å². The summed E-state index contributed by atoms with van der Waals surface area (Å²) in [6.45, 7) is 3.20. The van der Waals surface area contributed by atoms with Crippen molar-refractivity contribution in [1.29, 1.82) is 0 Å². The molecule has 120 valence electrons. The molecule has 0 bridgehead atoms. The molecule has 1 N–H and O–H groups in total. The number of aromatic nitrogens is 4. The van der Waals surface area contributed by atoms with Crippen LogP contribution in [0.5, 0.6) is 0 Å². The highest BCUT2D eigenvalue weighted by atomic mass is 32.1. The summed E-state index contributed by atoms with van der Waals surface area (Å²) in [6.07, 6.45) is 3.72. The monoisotopic (exact) mass is 337 g/mol. The van der Waals surface area contributed by atoms with Crippen molar-refractivity contribution in [2.24, 2.45) is 0 Å². The van der Waals surface area contributed by atoms with Gasteiger partial charge in [-0.3, -0.25) is 0 Å². The third kappa shape index (κ3) is 2.24. The zero-order valence-corrected chi connectivity index (χ0v) is 13.7. The van der Waals surface area contributed by atoms with E-state index in [0.29, 0.717) is 0 Å². The SMILES string of the molecule is c1cc2cc(-c3nc(N4CCOCC4)c4sccc4n3)cnc2[nH]1. The van der Waals surface area contributed by atoms with Crippen molar-refractivity contribution < 1.29 is 4.74 Å². The first kappa shape index (κ1) is 13.9. The summed E-state index contributed by atoms with van der Waals surface area (Å²) in [6, 6.07) is 6.14. The lowest BCUT2D eigenvalue weighted by molar-refractivity contribution is 0.122. The van der Waals surface area contributed by atoms with E-state index in [4.69, 9.17) is 14.7 Å². The molecule has 4 aromatic rings. The van der Waals surface area contributed by atoms with Gasteiger partial charge in [-0.15, -0.1) is 11.3 Å². The molecule has 4 aromatic heterocycles. The Kier molecular flexibility index (Phi) is 3.20. The molecular weight excluding hydrogens is 322 g/mol. The second kappa shape index (κ2) is 5.54. The van der Waals surface area contributed by atoms with Gasteiger partial charge < -0.3 is 14.6 Å². The number of ether oxygens (including phenoxy) is 1. The fourth-order valence-corrected chi connectivity index (χ4v) is 3.88. The molecule has 1 saturated heterocycles. The Bertz CT molecular complexity index is 1020. The van der Waals surface area contributed by atoms with Crippen molar-refractivity contribution in [3.63, 3.8) is 0 Å². The van der Waals surface area contributed by atoms with Crippen LogP contribution in [-0.2, 0) is 4.74 Å². The summed E-state index contributed by atoms with van der Waals surface area (Å²) in [4.78, 5) is 19.5. The van der Waals surface area contributed by atoms with E-state index < -0.39 is 0 Å². The van der Waals surface area contributed by atoms with Gasteiger partial charge in [0.25, 0.3) is 0 Å². The van der Waals surface area contributed by atoms with Crippen LogP contribution in [-0.4, -0.2) is 46.2 Å². The Balaban J connectivity index is 1.67. The van der Waals surface area contributed by atoms with Crippen molar-refractivity contribution in [3.8, 4) is 11.4 Å². The lowest BCUT2D eigenvalue weighted by atomic mass is 10.2. The van der Waals surface area contributed by atoms with Crippen molar-refractivity contribution >= 4 is 38.4 Å². The van der Waals surface area contributed by atoms with Crippen LogP contribution in [0.2, 0.25) is 0 Å². The summed E-state index contributed by atoms with van der Waals surface area (Å²) < 4.78 is 6.61. The van der Waals surface area contributed by atoms with E-state index in [9.17, 15) is 0 Å². The molecule has 7 heteroatoms. The van der Waals surface area contributed by atoms with Gasteiger partial charge >= 0.3 is 0 Å². The van der Waals surface area contributed by atoms with Gasteiger partial charge in [0.2, 0.25) is 0 Å². The highest BCUT2D eigenvalue weighted by Gasteiger charge is 2.19. The van der Waals surface area contributed by atoms with E-state index in [0.717, 1.165) is 64.8 Å². The van der Waals surface area contributed by atoms with Crippen LogP contribution in [0, 0.1) is 0 Å². The molecule has 0 saturated carbocycles. The standard InChI is InChI=1S/C17H15N5OS/c1-3-18-15-11(1)9-12(10-19-15)16-20-13-2-8-24-14(13)17(21-16)22-4-6-23-7-5-22/h1-3,8-10H,4-7H2,(H,18,19). The Morgan fingerprint density at radius 3 is 3.00 bits per heavy atom. The van der Waals surface area contributed by atoms with E-state index in [1.54, 1.807) is 11.3 Å². The van der Waals surface area contributed by atoms with Gasteiger partial charge in [-0.25, -0.2) is 15.0 Å². The van der Waals surface area contributed by atoms with Crippen LogP contribution < -0.4 is 4.90 Å². The number of pyridine rings is 1. The Morgan fingerprint density at radius 1 is 1.17 bits per heavy atom. The molecular formula is C17H15N5OS. The second-order valence-electron chi connectivity index (χ2n) is 5.74. The first-order valence-electron chi connectivity index (χ1n) is 7.90. The summed E-state index contributed by atoms with van der Waals surface area (Å²) in [5.41, 5.74) is 2.80. The van der Waals surface area contributed by atoms with Crippen LogP contribution >= 0.6 is 11.3 Å². The number of aromatic amines is 1. The molecule has 1 aliphatic heterocycles. The number of thiophene rings is 1. The minimum absolute atomic E-state index is 0.720. The van der Waals surface area contributed by atoms with Crippen molar-refractivity contribution in [2.45, 2.75) is 0 Å². The Morgan fingerprint density at radius 2 is 2.08 bits per heavy atom. The first-order valence-corrected chi connectivity index (χ1v) is 8.78. The summed E-state index contributed by atoms with van der Waals surface area (Å²) in [5, 5.41) is 3.13. The van der Waals surface area contributed by atoms with E-state index in [-0.39, 0.29) is 0 Å². The number of nitrogens with one attached hydrogen (secondary N) is 1. The smallest absolute Gasteiger partial charge is 0.163 e. The maximum atomic E-state index is 5.47. The van der Waals surface area contributed by atoms with Crippen LogP contribution in [0.25, 0.3) is 32.6 Å². The third-order valence-electron chi connectivity index (χ3n) is 4.25. The van der Waals surface area contributed by atoms with E-state index in [1.165, 1.54) is 0 Å². The summed E-state index contributed by atoms with van der Waals surface area (Å²) >= 11 is 1.69. The fourth-order valence-electron chi connectivity index (χ4n) is 3.03. The second-order valence-corrected chi connectivity index (χ2v) is 6.66. The topological polar surface area (TPSA) is 66.9 Å². The third-order valence-corrected chi connectivity index (χ3v) is 5.15. The molecule has 0 amide bonds. The lowest BCUT2D eigenvalue weighted by Crippen LogP contribution is -2.36. The molecule has 0 aliphatic carbocycles. The molecule has 5 heterocycles. The average Bonchev–Trinajstić information content (AvgIpc) is 3.29. The van der Waals surface area contributed by atoms with Crippen LogP contribution in [0.3, 0.4) is 0 Å². The van der Waals surface area contributed by atoms with E-state index >= 15 is 0 Å².